The number of carboxylic acids is 1. The van der Waals surface area contributed by atoms with Crippen LogP contribution in [-0.4, -0.2) is 62.9 Å². The summed E-state index contributed by atoms with van der Waals surface area (Å²) in [6.45, 7) is 0.825. The number of methoxy groups -OCH3 is 1. The van der Waals surface area contributed by atoms with Crippen molar-refractivity contribution in [3.05, 3.63) is 72.1 Å². The van der Waals surface area contributed by atoms with Crippen LogP contribution in [0.2, 0.25) is 0 Å². The molecule has 4 aromatic rings. The molecule has 2 aromatic heterocycles. The predicted octanol–water partition coefficient (Wildman–Crippen LogP) is 2.47. The van der Waals surface area contributed by atoms with Gasteiger partial charge in [-0.15, -0.1) is 0 Å². The molecule has 12 heteroatoms. The SMILES string of the molecule is COc1cc(-c2nccc(-c3cc4n(n3)CCNC4=O)n2)ccc1OCC(=O)Nc1ccc(C(=O)O)cc1. The van der Waals surface area contributed by atoms with Crippen molar-refractivity contribution in [3.8, 4) is 34.3 Å². The molecule has 0 aliphatic carbocycles. The maximum Gasteiger partial charge on any atom is 0.335 e. The first-order valence-electron chi connectivity index (χ1n) is 11.5. The molecule has 192 valence electrons. The molecule has 5 rings (SSSR count). The van der Waals surface area contributed by atoms with Crippen LogP contribution in [-0.2, 0) is 11.3 Å². The summed E-state index contributed by atoms with van der Waals surface area (Å²) >= 11 is 0. The second-order valence-electron chi connectivity index (χ2n) is 8.24. The van der Waals surface area contributed by atoms with Crippen molar-refractivity contribution in [1.82, 2.24) is 25.1 Å². The van der Waals surface area contributed by atoms with E-state index in [2.05, 4.69) is 25.7 Å². The number of hydrogen-bond acceptors (Lipinski definition) is 8. The minimum Gasteiger partial charge on any atom is -0.493 e. The number of aromatic nitrogens is 4. The van der Waals surface area contributed by atoms with Gasteiger partial charge in [-0.3, -0.25) is 14.3 Å². The molecular formula is C26H22N6O6. The van der Waals surface area contributed by atoms with Crippen LogP contribution >= 0.6 is 0 Å². The Morgan fingerprint density at radius 2 is 1.89 bits per heavy atom. The summed E-state index contributed by atoms with van der Waals surface area (Å²) in [4.78, 5) is 44.3. The third kappa shape index (κ3) is 5.14. The topological polar surface area (TPSA) is 158 Å². The summed E-state index contributed by atoms with van der Waals surface area (Å²) in [5.41, 5.74) is 2.84. The van der Waals surface area contributed by atoms with Gasteiger partial charge >= 0.3 is 5.97 Å². The van der Waals surface area contributed by atoms with Crippen LogP contribution in [0.15, 0.2) is 60.8 Å². The van der Waals surface area contributed by atoms with Gasteiger partial charge in [0.25, 0.3) is 11.8 Å². The minimum atomic E-state index is -1.05. The number of carbonyl (C=O) groups is 3. The first kappa shape index (κ1) is 24.4. The molecule has 0 fully saturated rings. The van der Waals surface area contributed by atoms with Crippen molar-refractivity contribution in [3.63, 3.8) is 0 Å². The standard InChI is InChI=1S/C26H22N6O6/c1-37-22-12-16(4-7-21(22)38-14-23(33)29-17-5-2-15(3-6-17)26(35)36)24-27-9-8-18(30-24)19-13-20-25(34)28-10-11-32(20)31-19/h2-9,12-13H,10-11,14H2,1H3,(H,28,34)(H,29,33)(H,35,36). The molecule has 2 aromatic carbocycles. The van der Waals surface area contributed by atoms with Crippen molar-refractivity contribution in [2.24, 2.45) is 0 Å². The molecule has 0 saturated carbocycles. The molecule has 0 radical (unpaired) electrons. The van der Waals surface area contributed by atoms with Gasteiger partial charge in [0.2, 0.25) is 0 Å². The Labute approximate surface area is 216 Å². The number of nitrogens with one attached hydrogen (secondary N) is 2. The maximum atomic E-state index is 12.3. The van der Waals surface area contributed by atoms with Gasteiger partial charge in [0, 0.05) is 24.0 Å². The molecule has 1 aliphatic heterocycles. The van der Waals surface area contributed by atoms with Crippen LogP contribution in [0.5, 0.6) is 11.5 Å². The Bertz CT molecular complexity index is 1530. The number of benzene rings is 2. The van der Waals surface area contributed by atoms with E-state index in [-0.39, 0.29) is 18.1 Å². The van der Waals surface area contributed by atoms with E-state index in [9.17, 15) is 14.4 Å². The average Bonchev–Trinajstić information content (AvgIpc) is 3.38. The third-order valence-electron chi connectivity index (χ3n) is 5.74. The second kappa shape index (κ2) is 10.4. The van der Waals surface area contributed by atoms with Crippen LogP contribution in [0.3, 0.4) is 0 Å². The smallest absolute Gasteiger partial charge is 0.335 e. The molecule has 0 unspecified atom stereocenters. The van der Waals surface area contributed by atoms with E-state index in [1.54, 1.807) is 41.2 Å². The molecule has 0 bridgehead atoms. The van der Waals surface area contributed by atoms with Crippen molar-refractivity contribution in [2.75, 3.05) is 25.6 Å². The summed E-state index contributed by atoms with van der Waals surface area (Å²) in [6, 6.07) is 14.3. The Morgan fingerprint density at radius 3 is 2.63 bits per heavy atom. The summed E-state index contributed by atoms with van der Waals surface area (Å²) in [7, 11) is 1.48. The molecule has 0 atom stereocenters. The van der Waals surface area contributed by atoms with Crippen molar-refractivity contribution < 1.29 is 29.0 Å². The molecule has 0 spiro atoms. The van der Waals surface area contributed by atoms with Gasteiger partial charge in [0.05, 0.1) is 24.9 Å². The number of fused-ring (bicyclic) bond motifs is 1. The fourth-order valence-electron chi connectivity index (χ4n) is 3.86. The molecule has 0 saturated heterocycles. The molecule has 38 heavy (non-hydrogen) atoms. The Morgan fingerprint density at radius 1 is 1.08 bits per heavy atom. The quantitative estimate of drug-likeness (QED) is 0.321. The molecule has 3 heterocycles. The van der Waals surface area contributed by atoms with Gasteiger partial charge in [-0.1, -0.05) is 0 Å². The number of carbonyl (C=O) groups excluding carboxylic acids is 2. The largest absolute Gasteiger partial charge is 0.493 e. The first-order valence-corrected chi connectivity index (χ1v) is 11.5. The van der Waals surface area contributed by atoms with Gasteiger partial charge in [0.1, 0.15) is 11.4 Å². The fourth-order valence-corrected chi connectivity index (χ4v) is 3.86. The zero-order chi connectivity index (χ0) is 26.6. The van der Waals surface area contributed by atoms with E-state index in [0.29, 0.717) is 58.7 Å². The number of hydrogen-bond donors (Lipinski definition) is 3. The number of carboxylic acid groups (broad SMARTS) is 1. The zero-order valence-electron chi connectivity index (χ0n) is 20.2. The maximum absolute atomic E-state index is 12.3. The highest BCUT2D eigenvalue weighted by Gasteiger charge is 2.21. The molecule has 2 amide bonds. The monoisotopic (exact) mass is 514 g/mol. The van der Waals surface area contributed by atoms with Crippen molar-refractivity contribution in [2.45, 2.75) is 6.54 Å². The van der Waals surface area contributed by atoms with E-state index in [1.165, 1.54) is 31.4 Å². The van der Waals surface area contributed by atoms with Crippen LogP contribution in [0.25, 0.3) is 22.8 Å². The van der Waals surface area contributed by atoms with Crippen molar-refractivity contribution in [1.29, 1.82) is 0 Å². The molecule has 3 N–H and O–H groups in total. The Balaban J connectivity index is 1.28. The predicted molar refractivity (Wildman–Crippen MR) is 135 cm³/mol. The summed E-state index contributed by atoms with van der Waals surface area (Å²) in [5, 5.41) is 18.9. The molecule has 12 nitrogen and oxygen atoms in total. The number of rotatable bonds is 8. The lowest BCUT2D eigenvalue weighted by Gasteiger charge is -2.13. The average molecular weight is 514 g/mol. The fraction of sp³-hybridized carbons (Fsp3) is 0.154. The Kier molecular flexibility index (Phi) is 6.68. The number of nitrogens with zero attached hydrogens (tertiary/aromatic N) is 4. The zero-order valence-corrected chi connectivity index (χ0v) is 20.2. The molecular weight excluding hydrogens is 492 g/mol. The summed E-state index contributed by atoms with van der Waals surface area (Å²) in [5.74, 6) is -0.500. The second-order valence-corrected chi connectivity index (χ2v) is 8.24. The van der Waals surface area contributed by atoms with E-state index in [0.717, 1.165) is 0 Å². The van der Waals surface area contributed by atoms with Crippen molar-refractivity contribution >= 4 is 23.5 Å². The van der Waals surface area contributed by atoms with Crippen LogP contribution < -0.4 is 20.1 Å². The lowest BCUT2D eigenvalue weighted by Crippen LogP contribution is -2.35. The lowest BCUT2D eigenvalue weighted by molar-refractivity contribution is -0.118. The van der Waals surface area contributed by atoms with E-state index >= 15 is 0 Å². The lowest BCUT2D eigenvalue weighted by atomic mass is 10.1. The van der Waals surface area contributed by atoms with Crippen LogP contribution in [0, 0.1) is 0 Å². The highest BCUT2D eigenvalue weighted by Crippen LogP contribution is 2.32. The van der Waals surface area contributed by atoms with Gasteiger partial charge < -0.3 is 25.2 Å². The highest BCUT2D eigenvalue weighted by molar-refractivity contribution is 5.94. The minimum absolute atomic E-state index is 0.120. The van der Waals surface area contributed by atoms with E-state index < -0.39 is 11.9 Å². The normalized spacial score (nSPS) is 12.3. The number of amides is 2. The first-order chi connectivity index (χ1) is 18.4. The van der Waals surface area contributed by atoms with Crippen LogP contribution in [0.1, 0.15) is 20.8 Å². The highest BCUT2D eigenvalue weighted by atomic mass is 16.5. The number of aromatic carboxylic acids is 1. The van der Waals surface area contributed by atoms with Gasteiger partial charge in [-0.25, -0.2) is 14.8 Å². The third-order valence-corrected chi connectivity index (χ3v) is 5.74. The Hall–Kier alpha value is -5.26. The van der Waals surface area contributed by atoms with E-state index in [4.69, 9.17) is 14.6 Å². The molecule has 1 aliphatic rings. The summed E-state index contributed by atoms with van der Waals surface area (Å²) < 4.78 is 12.7. The van der Waals surface area contributed by atoms with Gasteiger partial charge in [0.15, 0.2) is 23.9 Å². The van der Waals surface area contributed by atoms with E-state index in [1.807, 2.05) is 0 Å². The summed E-state index contributed by atoms with van der Waals surface area (Å²) in [6.07, 6.45) is 1.61. The van der Waals surface area contributed by atoms with Gasteiger partial charge in [-0.2, -0.15) is 5.10 Å². The number of ether oxygens (including phenoxy) is 2. The van der Waals surface area contributed by atoms with Gasteiger partial charge in [-0.05, 0) is 54.6 Å². The number of anilines is 1. The van der Waals surface area contributed by atoms with Crippen LogP contribution in [0.4, 0.5) is 5.69 Å².